The number of β-lactam (4-membered cyclic amide) rings is 1. The van der Waals surface area contributed by atoms with Crippen LogP contribution in [-0.2, 0) is 9.59 Å². The van der Waals surface area contributed by atoms with Crippen molar-refractivity contribution in [2.24, 2.45) is 11.1 Å². The zero-order valence-corrected chi connectivity index (χ0v) is 18.6. The molecule has 0 bridgehead atoms. The van der Waals surface area contributed by atoms with Gasteiger partial charge in [0, 0.05) is 23.8 Å². The molecule has 3 heterocycles. The summed E-state index contributed by atoms with van der Waals surface area (Å²) in [4.78, 5) is 41.8. The number of carboxylic acid groups (broad SMARTS) is 1. The number of nitrogens with two attached hydrogens (primary N) is 1. The minimum Gasteiger partial charge on any atom is -0.548 e. The normalized spacial score (nSPS) is 23.8. The van der Waals surface area contributed by atoms with E-state index < -0.39 is 17.4 Å². The molecule has 28 heavy (non-hydrogen) atoms. The first-order valence-corrected chi connectivity index (χ1v) is 9.20. The van der Waals surface area contributed by atoms with Gasteiger partial charge in [-0.1, -0.05) is 13.8 Å². The van der Waals surface area contributed by atoms with Crippen LogP contribution in [0.2, 0.25) is 0 Å². The van der Waals surface area contributed by atoms with Crippen LogP contribution in [0.1, 0.15) is 55.6 Å². The number of ketones is 1. The monoisotopic (exact) mass is 393 g/mol. The first kappa shape index (κ1) is 22.7. The van der Waals surface area contributed by atoms with E-state index in [1.54, 1.807) is 24.4 Å². The van der Waals surface area contributed by atoms with E-state index in [0.29, 0.717) is 36.2 Å². The van der Waals surface area contributed by atoms with Crippen LogP contribution >= 0.6 is 0 Å². The number of aliphatic carboxylic acids is 1. The predicted molar refractivity (Wildman–Crippen MR) is 97.3 cm³/mol. The molecule has 1 amide bonds. The Morgan fingerprint density at radius 2 is 2.11 bits per heavy atom. The molecular weight excluding hydrogens is 369 g/mol. The SMILES string of the molecule is CC1(C)CC2/C(=C\c3cc(C(=O)CCCCN)ccn3)C(=O)N2[C@H]1C(=O)[O-].[Na+]. The second kappa shape index (κ2) is 8.86. The van der Waals surface area contributed by atoms with Crippen molar-refractivity contribution >= 4 is 23.7 Å². The van der Waals surface area contributed by atoms with E-state index in [1.165, 1.54) is 4.90 Å². The first-order chi connectivity index (χ1) is 12.8. The molecule has 0 aliphatic carbocycles. The van der Waals surface area contributed by atoms with Crippen LogP contribution in [0.3, 0.4) is 0 Å². The number of hydrogen-bond donors (Lipinski definition) is 1. The molecule has 2 fully saturated rings. The second-order valence-corrected chi connectivity index (χ2v) is 7.88. The number of Topliss-reactive ketones (excluding diaryl/α,β-unsaturated/α-hetero) is 1. The fourth-order valence-electron chi connectivity index (χ4n) is 4.03. The molecule has 0 radical (unpaired) electrons. The van der Waals surface area contributed by atoms with E-state index in [1.807, 2.05) is 13.8 Å². The van der Waals surface area contributed by atoms with Crippen molar-refractivity contribution in [3.63, 3.8) is 0 Å². The Hall–Kier alpha value is -1.54. The fourth-order valence-corrected chi connectivity index (χ4v) is 4.03. The summed E-state index contributed by atoms with van der Waals surface area (Å²) in [5.74, 6) is -1.51. The third kappa shape index (κ3) is 4.22. The predicted octanol–water partition coefficient (Wildman–Crippen LogP) is -2.46. The molecule has 2 saturated heterocycles. The molecule has 3 rings (SSSR count). The van der Waals surface area contributed by atoms with Crippen molar-refractivity contribution in [3.05, 3.63) is 35.2 Å². The van der Waals surface area contributed by atoms with E-state index in [4.69, 9.17) is 5.73 Å². The van der Waals surface area contributed by atoms with Crippen molar-refractivity contribution in [1.82, 2.24) is 9.88 Å². The molecule has 2 atom stereocenters. The summed E-state index contributed by atoms with van der Waals surface area (Å²) in [6, 6.07) is 2.16. The van der Waals surface area contributed by atoms with Crippen LogP contribution in [0.4, 0.5) is 0 Å². The quantitative estimate of drug-likeness (QED) is 0.181. The van der Waals surface area contributed by atoms with Crippen LogP contribution in [0.5, 0.6) is 0 Å². The molecule has 2 aliphatic heterocycles. The zero-order valence-electron chi connectivity index (χ0n) is 16.6. The van der Waals surface area contributed by atoms with Crippen LogP contribution in [0.25, 0.3) is 6.08 Å². The van der Waals surface area contributed by atoms with Gasteiger partial charge in [-0.15, -0.1) is 0 Å². The zero-order chi connectivity index (χ0) is 19.8. The number of fused-ring (bicyclic) bond motifs is 1. The molecule has 2 aliphatic rings. The summed E-state index contributed by atoms with van der Waals surface area (Å²) in [5, 5.41) is 11.5. The number of amides is 1. The molecular formula is C20H24N3NaO4. The molecule has 8 heteroatoms. The maximum absolute atomic E-state index is 12.5. The van der Waals surface area contributed by atoms with E-state index in [2.05, 4.69) is 4.98 Å². The van der Waals surface area contributed by atoms with E-state index in [0.717, 1.165) is 12.8 Å². The van der Waals surface area contributed by atoms with Gasteiger partial charge in [0.1, 0.15) is 0 Å². The van der Waals surface area contributed by atoms with Gasteiger partial charge >= 0.3 is 29.6 Å². The van der Waals surface area contributed by atoms with E-state index in [9.17, 15) is 19.5 Å². The Kier molecular flexibility index (Phi) is 7.20. The Balaban J connectivity index is 0.00000280. The third-order valence-corrected chi connectivity index (χ3v) is 5.40. The topological polar surface area (TPSA) is 116 Å². The number of unbranched alkanes of at least 4 members (excludes halogenated alkanes) is 1. The number of carbonyl (C=O) groups excluding carboxylic acids is 3. The molecule has 0 spiro atoms. The number of carbonyl (C=O) groups is 3. The van der Waals surface area contributed by atoms with Gasteiger partial charge in [-0.3, -0.25) is 14.6 Å². The standard InChI is InChI=1S/C20H25N3O4.Na/c1-20(2)11-15-14(18(25)23(15)17(20)19(26)27)10-13-9-12(6-8-22-13)16(24)5-3-4-7-21;/h6,8-10,15,17H,3-5,7,11,21H2,1-2H3,(H,26,27);/q;+1/p-1/b14-10+;/t15?,17-;/m0./s1. The van der Waals surface area contributed by atoms with Crippen molar-refractivity contribution < 1.29 is 49.0 Å². The largest absolute Gasteiger partial charge is 1.00 e. The van der Waals surface area contributed by atoms with Crippen molar-refractivity contribution in [1.29, 1.82) is 0 Å². The molecule has 144 valence electrons. The first-order valence-electron chi connectivity index (χ1n) is 9.20. The molecule has 1 aromatic rings. The van der Waals surface area contributed by atoms with E-state index >= 15 is 0 Å². The summed E-state index contributed by atoms with van der Waals surface area (Å²) in [5.41, 5.74) is 6.51. The van der Waals surface area contributed by atoms with Gasteiger partial charge in [0.25, 0.3) is 5.91 Å². The molecule has 0 aromatic carbocycles. The summed E-state index contributed by atoms with van der Waals surface area (Å²) in [6.45, 7) is 4.22. The maximum Gasteiger partial charge on any atom is 1.00 e. The third-order valence-electron chi connectivity index (χ3n) is 5.40. The minimum atomic E-state index is -1.22. The summed E-state index contributed by atoms with van der Waals surface area (Å²) < 4.78 is 0. The number of rotatable bonds is 7. The van der Waals surface area contributed by atoms with Gasteiger partial charge in [-0.2, -0.15) is 0 Å². The van der Waals surface area contributed by atoms with E-state index in [-0.39, 0.29) is 47.3 Å². The van der Waals surface area contributed by atoms with Crippen molar-refractivity contribution in [3.8, 4) is 0 Å². The average Bonchev–Trinajstić information content (AvgIpc) is 2.88. The van der Waals surface area contributed by atoms with Crippen molar-refractivity contribution in [2.45, 2.75) is 51.6 Å². The molecule has 0 saturated carbocycles. The maximum atomic E-state index is 12.5. The van der Waals surface area contributed by atoms with Crippen LogP contribution in [0, 0.1) is 5.41 Å². The summed E-state index contributed by atoms with van der Waals surface area (Å²) in [7, 11) is 0. The molecule has 2 N–H and O–H groups in total. The number of hydrogen-bond acceptors (Lipinski definition) is 6. The van der Waals surface area contributed by atoms with Gasteiger partial charge in [-0.25, -0.2) is 0 Å². The van der Waals surface area contributed by atoms with Crippen LogP contribution < -0.4 is 40.4 Å². The van der Waals surface area contributed by atoms with Gasteiger partial charge in [-0.05, 0) is 49.4 Å². The molecule has 1 aromatic heterocycles. The van der Waals surface area contributed by atoms with Gasteiger partial charge in [0.15, 0.2) is 5.78 Å². The summed E-state index contributed by atoms with van der Waals surface area (Å²) >= 11 is 0. The second-order valence-electron chi connectivity index (χ2n) is 7.88. The van der Waals surface area contributed by atoms with Gasteiger partial charge in [0.05, 0.1) is 23.7 Å². The Morgan fingerprint density at radius 3 is 2.75 bits per heavy atom. The molecule has 1 unspecified atom stereocenters. The van der Waals surface area contributed by atoms with Gasteiger partial charge in [0.2, 0.25) is 0 Å². The fraction of sp³-hybridized carbons (Fsp3) is 0.500. The van der Waals surface area contributed by atoms with Gasteiger partial charge < -0.3 is 20.5 Å². The smallest absolute Gasteiger partial charge is 0.548 e. The number of nitrogens with zero attached hydrogens (tertiary/aromatic N) is 2. The minimum absolute atomic E-state index is 0. The Morgan fingerprint density at radius 1 is 1.39 bits per heavy atom. The number of aromatic nitrogens is 1. The van der Waals surface area contributed by atoms with Crippen LogP contribution in [0.15, 0.2) is 23.9 Å². The molecule has 7 nitrogen and oxygen atoms in total. The average molecular weight is 393 g/mol. The number of carboxylic acids is 1. The van der Waals surface area contributed by atoms with Crippen LogP contribution in [-0.4, -0.2) is 46.2 Å². The number of pyridine rings is 1. The Labute approximate surface area is 186 Å². The van der Waals surface area contributed by atoms with Crippen molar-refractivity contribution in [2.75, 3.05) is 6.54 Å². The summed E-state index contributed by atoms with van der Waals surface area (Å²) in [6.07, 6.45) is 5.73. The Bertz CT molecular complexity index is 821.